The first-order chi connectivity index (χ1) is 19.2. The van der Waals surface area contributed by atoms with Crippen molar-refractivity contribution in [1.29, 1.82) is 0 Å². The van der Waals surface area contributed by atoms with Gasteiger partial charge >= 0.3 is 6.18 Å². The van der Waals surface area contributed by atoms with Gasteiger partial charge in [-0.05, 0) is 66.1 Å². The van der Waals surface area contributed by atoms with Crippen molar-refractivity contribution in [2.45, 2.75) is 50.9 Å². The van der Waals surface area contributed by atoms with Gasteiger partial charge in [0.25, 0.3) is 5.91 Å². The maximum Gasteiger partial charge on any atom is 0.435 e. The highest BCUT2D eigenvalue weighted by Gasteiger charge is 2.40. The number of carbonyl (C=O) groups is 1. The molecule has 2 aliphatic rings. The minimum atomic E-state index is -4.63. The predicted molar refractivity (Wildman–Crippen MR) is 141 cm³/mol. The molecule has 1 atom stereocenters. The first kappa shape index (κ1) is 26.1. The number of halogens is 3. The summed E-state index contributed by atoms with van der Waals surface area (Å²) >= 11 is 0. The summed E-state index contributed by atoms with van der Waals surface area (Å²) in [5.41, 5.74) is 3.12. The lowest BCUT2D eigenvalue weighted by atomic mass is 9.86. The number of methoxy groups -OCH3 is 1. The van der Waals surface area contributed by atoms with E-state index in [9.17, 15) is 18.0 Å². The largest absolute Gasteiger partial charge is 0.495 e. The minimum Gasteiger partial charge on any atom is -0.495 e. The molecule has 0 spiro atoms. The van der Waals surface area contributed by atoms with Gasteiger partial charge in [0, 0.05) is 55.5 Å². The van der Waals surface area contributed by atoms with Crippen LogP contribution in [-0.2, 0) is 32.6 Å². The van der Waals surface area contributed by atoms with E-state index in [1.807, 2.05) is 21.6 Å². The van der Waals surface area contributed by atoms with Gasteiger partial charge in [-0.3, -0.25) is 14.5 Å². The molecule has 1 amide bonds. The van der Waals surface area contributed by atoms with Gasteiger partial charge in [0.1, 0.15) is 5.75 Å². The van der Waals surface area contributed by atoms with Gasteiger partial charge in [-0.25, -0.2) is 4.98 Å². The molecule has 4 heterocycles. The van der Waals surface area contributed by atoms with E-state index in [-0.39, 0.29) is 17.5 Å². The molecule has 11 heteroatoms. The molecule has 1 aromatic carbocycles. The van der Waals surface area contributed by atoms with Crippen LogP contribution >= 0.6 is 0 Å². The number of benzene rings is 1. The fourth-order valence-electron chi connectivity index (χ4n) is 6.00. The zero-order valence-electron chi connectivity index (χ0n) is 22.3. The van der Waals surface area contributed by atoms with Crippen molar-refractivity contribution in [1.82, 2.24) is 29.2 Å². The third kappa shape index (κ3) is 4.73. The first-order valence-electron chi connectivity index (χ1n) is 13.3. The monoisotopic (exact) mass is 550 g/mol. The number of hydrogen-bond donors (Lipinski definition) is 0. The lowest BCUT2D eigenvalue weighted by Gasteiger charge is -2.37. The van der Waals surface area contributed by atoms with Crippen LogP contribution in [0, 0.1) is 0 Å². The van der Waals surface area contributed by atoms with Crippen molar-refractivity contribution in [2.75, 3.05) is 13.7 Å². The number of imidazole rings is 1. The summed E-state index contributed by atoms with van der Waals surface area (Å²) in [6, 6.07) is 5.35. The van der Waals surface area contributed by atoms with Gasteiger partial charge in [-0.15, -0.1) is 0 Å². The Bertz CT molecular complexity index is 1560. The summed E-state index contributed by atoms with van der Waals surface area (Å²) in [6.07, 6.45) is 7.47. The standard InChI is InChI=1S/C29H29F3N6O2/c1-36-16-24(27(35-36)29(30,31)32)21-11-18(15-37-10-8-33-17-37)12-22-20(21)7-9-38(28(22)39)26-6-4-3-5-25-23(26)13-19(40-2)14-34-25/h8,10-14,16-17,26H,3-7,9,15H2,1-2H3/t26-/m0/s1. The zero-order valence-corrected chi connectivity index (χ0v) is 22.3. The van der Waals surface area contributed by atoms with E-state index in [4.69, 9.17) is 4.74 Å². The molecule has 208 valence electrons. The number of carbonyl (C=O) groups excluding carboxylic acids is 1. The number of alkyl halides is 3. The van der Waals surface area contributed by atoms with Crippen molar-refractivity contribution in [3.8, 4) is 16.9 Å². The van der Waals surface area contributed by atoms with E-state index >= 15 is 0 Å². The number of pyridine rings is 1. The predicted octanol–water partition coefficient (Wildman–Crippen LogP) is 5.22. The third-order valence-corrected chi connectivity index (χ3v) is 7.81. The summed E-state index contributed by atoms with van der Waals surface area (Å²) in [5, 5.41) is 3.73. The van der Waals surface area contributed by atoms with Crippen LogP contribution in [0.15, 0.2) is 49.3 Å². The molecule has 0 saturated heterocycles. The molecule has 4 aromatic rings. The highest BCUT2D eigenvalue weighted by molar-refractivity contribution is 5.99. The van der Waals surface area contributed by atoms with Gasteiger partial charge < -0.3 is 14.2 Å². The Morgan fingerprint density at radius 1 is 1.10 bits per heavy atom. The molecular weight excluding hydrogens is 521 g/mol. The van der Waals surface area contributed by atoms with Gasteiger partial charge in [0.2, 0.25) is 0 Å². The number of nitrogens with zero attached hydrogens (tertiary/aromatic N) is 6. The van der Waals surface area contributed by atoms with E-state index < -0.39 is 11.9 Å². The molecule has 0 N–H and O–H groups in total. The molecule has 0 unspecified atom stereocenters. The molecule has 1 aliphatic heterocycles. The van der Waals surface area contributed by atoms with Gasteiger partial charge in [0.05, 0.1) is 25.7 Å². The Kier molecular flexibility index (Phi) is 6.59. The van der Waals surface area contributed by atoms with Crippen molar-refractivity contribution >= 4 is 5.91 Å². The highest BCUT2D eigenvalue weighted by atomic mass is 19.4. The van der Waals surface area contributed by atoms with Crippen LogP contribution in [0.4, 0.5) is 13.2 Å². The number of ether oxygens (including phenoxy) is 1. The Hall–Kier alpha value is -4.15. The topological polar surface area (TPSA) is 78.1 Å². The average Bonchev–Trinajstić information content (AvgIpc) is 3.53. The van der Waals surface area contributed by atoms with Crippen LogP contribution < -0.4 is 4.74 Å². The Labute approximate surface area is 229 Å². The lowest BCUT2D eigenvalue weighted by Crippen LogP contribution is -2.41. The van der Waals surface area contributed by atoms with Crippen LogP contribution in [-0.4, -0.2) is 48.8 Å². The number of hydrogen-bond acceptors (Lipinski definition) is 5. The van der Waals surface area contributed by atoms with E-state index in [1.54, 1.807) is 38.1 Å². The fourth-order valence-corrected chi connectivity index (χ4v) is 6.00. The van der Waals surface area contributed by atoms with Crippen molar-refractivity contribution in [3.05, 3.63) is 83.0 Å². The molecule has 0 bridgehead atoms. The summed E-state index contributed by atoms with van der Waals surface area (Å²) in [4.78, 5) is 24.8. The summed E-state index contributed by atoms with van der Waals surface area (Å²) in [6.45, 7) is 0.755. The number of amides is 1. The van der Waals surface area contributed by atoms with Gasteiger partial charge in [-0.1, -0.05) is 6.42 Å². The van der Waals surface area contributed by atoms with Crippen LogP contribution in [0.1, 0.15) is 63.7 Å². The second-order valence-corrected chi connectivity index (χ2v) is 10.4. The van der Waals surface area contributed by atoms with Crippen molar-refractivity contribution in [3.63, 3.8) is 0 Å². The second kappa shape index (κ2) is 10.1. The number of rotatable bonds is 5. The first-order valence-corrected chi connectivity index (χ1v) is 13.3. The van der Waals surface area contributed by atoms with Crippen LogP contribution in [0.5, 0.6) is 5.75 Å². The molecule has 0 saturated carbocycles. The molecule has 8 nitrogen and oxygen atoms in total. The number of aryl methyl sites for hydroxylation is 2. The maximum atomic E-state index is 14.2. The fraction of sp³-hybridized carbons (Fsp3) is 0.379. The molecule has 6 rings (SSSR count). The van der Waals surface area contributed by atoms with Crippen LogP contribution in [0.2, 0.25) is 0 Å². The quantitative estimate of drug-likeness (QED) is 0.319. The van der Waals surface area contributed by atoms with Crippen LogP contribution in [0.25, 0.3) is 11.1 Å². The van der Waals surface area contributed by atoms with E-state index in [2.05, 4.69) is 15.1 Å². The number of fused-ring (bicyclic) bond motifs is 2. The van der Waals surface area contributed by atoms with Crippen molar-refractivity contribution in [2.24, 2.45) is 7.05 Å². The number of aromatic nitrogens is 5. The summed E-state index contributed by atoms with van der Waals surface area (Å²) in [7, 11) is 3.06. The minimum absolute atomic E-state index is 0.0197. The third-order valence-electron chi connectivity index (χ3n) is 7.81. The summed E-state index contributed by atoms with van der Waals surface area (Å²) in [5.74, 6) is 0.449. The normalized spacial score (nSPS) is 17.4. The van der Waals surface area contributed by atoms with Gasteiger partial charge in [0.15, 0.2) is 5.69 Å². The second-order valence-electron chi connectivity index (χ2n) is 10.4. The van der Waals surface area contributed by atoms with E-state index in [0.717, 1.165) is 36.9 Å². The SMILES string of the molecule is COc1cnc2c(c1)[C@@H](N1CCc3c(cc(Cn4ccnc4)cc3-c3cn(C)nc3C(F)(F)F)C1=O)CCCC2. The molecular formula is C29H29F3N6O2. The van der Waals surface area contributed by atoms with E-state index in [0.29, 0.717) is 47.5 Å². The van der Waals surface area contributed by atoms with Crippen molar-refractivity contribution < 1.29 is 22.7 Å². The Balaban J connectivity index is 1.47. The van der Waals surface area contributed by atoms with E-state index in [1.165, 1.54) is 17.9 Å². The Morgan fingerprint density at radius 2 is 1.93 bits per heavy atom. The maximum absolute atomic E-state index is 14.2. The molecule has 3 aromatic heterocycles. The zero-order chi connectivity index (χ0) is 28.0. The molecule has 0 radical (unpaired) electrons. The average molecular weight is 551 g/mol. The highest BCUT2D eigenvalue weighted by Crippen LogP contribution is 2.42. The smallest absolute Gasteiger partial charge is 0.435 e. The molecule has 0 fully saturated rings. The van der Waals surface area contributed by atoms with Crippen LogP contribution in [0.3, 0.4) is 0 Å². The Morgan fingerprint density at radius 3 is 2.67 bits per heavy atom. The molecule has 40 heavy (non-hydrogen) atoms. The molecule has 1 aliphatic carbocycles. The van der Waals surface area contributed by atoms with Gasteiger partial charge in [-0.2, -0.15) is 18.3 Å². The summed E-state index contributed by atoms with van der Waals surface area (Å²) < 4.78 is 50.5. The lowest BCUT2D eigenvalue weighted by molar-refractivity contribution is -0.140.